The van der Waals surface area contributed by atoms with Gasteiger partial charge < -0.3 is 11.1 Å². The molecular weight excluding hydrogens is 364 g/mol. The molecule has 0 aliphatic heterocycles. The molecule has 1 aromatic carbocycles. The molecule has 0 spiro atoms. The lowest BCUT2D eigenvalue weighted by Crippen LogP contribution is -2.47. The van der Waals surface area contributed by atoms with Gasteiger partial charge in [0.25, 0.3) is 11.8 Å². The molecule has 27 heavy (non-hydrogen) atoms. The lowest BCUT2D eigenvalue weighted by Gasteiger charge is -2.16. The van der Waals surface area contributed by atoms with Crippen LogP contribution in [0.25, 0.3) is 11.3 Å². The molecule has 2 aromatic heterocycles. The van der Waals surface area contributed by atoms with Crippen molar-refractivity contribution in [2.45, 2.75) is 12.5 Å². The smallest absolute Gasteiger partial charge is 0.287 e. The standard InChI is InChI=1S/C19H16N4O3S/c20-18(25)16(24)14(9-12-5-2-1-3-6-12)23-19(26)17-15(22-11-27-17)13-7-4-8-21-10-13/h1-8,10-11,14H,9H2,(H2,20,25)(H,23,26). The van der Waals surface area contributed by atoms with Crippen LogP contribution in [0.4, 0.5) is 0 Å². The Morgan fingerprint density at radius 3 is 2.56 bits per heavy atom. The van der Waals surface area contributed by atoms with Crippen LogP contribution < -0.4 is 11.1 Å². The number of nitrogens with two attached hydrogens (primary N) is 1. The number of rotatable bonds is 7. The summed E-state index contributed by atoms with van der Waals surface area (Å²) in [7, 11) is 0. The first-order valence-electron chi connectivity index (χ1n) is 8.08. The van der Waals surface area contributed by atoms with Gasteiger partial charge in [0.2, 0.25) is 5.78 Å². The molecule has 3 N–H and O–H groups in total. The summed E-state index contributed by atoms with van der Waals surface area (Å²) in [5.41, 5.74) is 8.64. The van der Waals surface area contributed by atoms with Crippen LogP contribution in [0.3, 0.4) is 0 Å². The number of primary amides is 1. The molecule has 0 saturated carbocycles. The van der Waals surface area contributed by atoms with Crippen LogP contribution in [-0.2, 0) is 16.0 Å². The third-order valence-corrected chi connectivity index (χ3v) is 4.68. The van der Waals surface area contributed by atoms with Gasteiger partial charge in [0.05, 0.1) is 11.2 Å². The number of hydrogen-bond donors (Lipinski definition) is 2. The van der Waals surface area contributed by atoms with Gasteiger partial charge in [0.1, 0.15) is 10.9 Å². The zero-order chi connectivity index (χ0) is 19.2. The van der Waals surface area contributed by atoms with Crippen molar-refractivity contribution < 1.29 is 14.4 Å². The van der Waals surface area contributed by atoms with Gasteiger partial charge >= 0.3 is 0 Å². The maximum absolute atomic E-state index is 12.8. The van der Waals surface area contributed by atoms with Crippen molar-refractivity contribution >= 4 is 28.9 Å². The van der Waals surface area contributed by atoms with Crippen LogP contribution in [0.15, 0.2) is 60.4 Å². The molecule has 0 aliphatic rings. The topological polar surface area (TPSA) is 115 Å². The molecule has 2 amide bonds. The monoisotopic (exact) mass is 380 g/mol. The molecule has 7 nitrogen and oxygen atoms in total. The van der Waals surface area contributed by atoms with Crippen molar-refractivity contribution in [2.24, 2.45) is 5.73 Å². The van der Waals surface area contributed by atoms with E-state index in [0.29, 0.717) is 16.1 Å². The second-order valence-corrected chi connectivity index (χ2v) is 6.57. The highest BCUT2D eigenvalue weighted by Crippen LogP contribution is 2.24. The maximum atomic E-state index is 12.8. The van der Waals surface area contributed by atoms with Crippen molar-refractivity contribution in [3.63, 3.8) is 0 Å². The molecule has 3 rings (SSSR count). The average Bonchev–Trinajstić information content (AvgIpc) is 3.18. The van der Waals surface area contributed by atoms with Gasteiger partial charge in [-0.25, -0.2) is 4.98 Å². The number of carbonyl (C=O) groups is 3. The summed E-state index contributed by atoms with van der Waals surface area (Å²) in [6, 6.07) is 11.5. The number of Topliss-reactive ketones (excluding diaryl/α,β-unsaturated/α-hetero) is 1. The summed E-state index contributed by atoms with van der Waals surface area (Å²) in [6.45, 7) is 0. The first-order chi connectivity index (χ1) is 13.1. The molecule has 0 fully saturated rings. The Bertz CT molecular complexity index is 957. The minimum absolute atomic E-state index is 0.162. The predicted molar refractivity (Wildman–Crippen MR) is 101 cm³/mol. The van der Waals surface area contributed by atoms with Gasteiger partial charge in [-0.05, 0) is 17.7 Å². The SMILES string of the molecule is NC(=O)C(=O)C(Cc1ccccc1)NC(=O)c1scnc1-c1cccnc1. The molecule has 2 heterocycles. The number of pyridine rings is 1. The number of hydrogen-bond acceptors (Lipinski definition) is 6. The van der Waals surface area contributed by atoms with Crippen molar-refractivity contribution in [2.75, 3.05) is 0 Å². The molecule has 0 radical (unpaired) electrons. The number of aromatic nitrogens is 2. The molecule has 1 atom stereocenters. The Morgan fingerprint density at radius 2 is 1.89 bits per heavy atom. The highest BCUT2D eigenvalue weighted by Gasteiger charge is 2.27. The van der Waals surface area contributed by atoms with Gasteiger partial charge in [-0.15, -0.1) is 11.3 Å². The fraction of sp³-hybridized carbons (Fsp3) is 0.105. The van der Waals surface area contributed by atoms with E-state index in [1.807, 2.05) is 18.2 Å². The number of thiazole rings is 1. The van der Waals surface area contributed by atoms with Crippen molar-refractivity contribution in [3.05, 3.63) is 70.8 Å². The largest absolute Gasteiger partial charge is 0.363 e. The first-order valence-corrected chi connectivity index (χ1v) is 8.96. The minimum Gasteiger partial charge on any atom is -0.363 e. The Labute approximate surface area is 159 Å². The fourth-order valence-electron chi connectivity index (χ4n) is 2.57. The molecule has 3 aromatic rings. The zero-order valence-corrected chi connectivity index (χ0v) is 15.0. The van der Waals surface area contributed by atoms with E-state index in [2.05, 4.69) is 15.3 Å². The summed E-state index contributed by atoms with van der Waals surface area (Å²) in [5.74, 6) is -2.43. The summed E-state index contributed by atoms with van der Waals surface area (Å²) in [6.07, 6.45) is 3.38. The van der Waals surface area contributed by atoms with Crippen molar-refractivity contribution in [1.29, 1.82) is 0 Å². The van der Waals surface area contributed by atoms with Gasteiger partial charge in [-0.2, -0.15) is 0 Å². The number of benzene rings is 1. The van der Waals surface area contributed by atoms with E-state index in [0.717, 1.165) is 16.9 Å². The van der Waals surface area contributed by atoms with Crippen LogP contribution >= 0.6 is 11.3 Å². The van der Waals surface area contributed by atoms with E-state index in [4.69, 9.17) is 5.73 Å². The third kappa shape index (κ3) is 4.42. The summed E-state index contributed by atoms with van der Waals surface area (Å²) < 4.78 is 0. The van der Waals surface area contributed by atoms with Crippen LogP contribution in [0.1, 0.15) is 15.2 Å². The third-order valence-electron chi connectivity index (χ3n) is 3.86. The second-order valence-electron chi connectivity index (χ2n) is 5.72. The van der Waals surface area contributed by atoms with E-state index in [-0.39, 0.29) is 6.42 Å². The van der Waals surface area contributed by atoms with Crippen LogP contribution in [0, 0.1) is 0 Å². The van der Waals surface area contributed by atoms with E-state index in [1.54, 1.807) is 42.2 Å². The Morgan fingerprint density at radius 1 is 1.11 bits per heavy atom. The number of carbonyl (C=O) groups excluding carboxylic acids is 3. The zero-order valence-electron chi connectivity index (χ0n) is 14.2. The summed E-state index contributed by atoms with van der Waals surface area (Å²) >= 11 is 1.14. The molecule has 8 heteroatoms. The van der Waals surface area contributed by atoms with E-state index < -0.39 is 23.6 Å². The van der Waals surface area contributed by atoms with E-state index >= 15 is 0 Å². The van der Waals surface area contributed by atoms with Crippen LogP contribution in [0.2, 0.25) is 0 Å². The number of nitrogens with zero attached hydrogens (tertiary/aromatic N) is 2. The highest BCUT2D eigenvalue weighted by atomic mass is 32.1. The lowest BCUT2D eigenvalue weighted by atomic mass is 10.0. The second kappa shape index (κ2) is 8.33. The molecular formula is C19H16N4O3S. The quantitative estimate of drug-likeness (QED) is 0.604. The molecule has 136 valence electrons. The minimum atomic E-state index is -1.09. The Kier molecular flexibility index (Phi) is 5.68. The van der Waals surface area contributed by atoms with Crippen LogP contribution in [0.5, 0.6) is 0 Å². The number of ketones is 1. The predicted octanol–water partition coefficient (Wildman–Crippen LogP) is 1.60. The first kappa shape index (κ1) is 18.4. The van der Waals surface area contributed by atoms with Crippen molar-refractivity contribution in [1.82, 2.24) is 15.3 Å². The summed E-state index contributed by atoms with van der Waals surface area (Å²) in [5, 5.41) is 2.62. The van der Waals surface area contributed by atoms with Gasteiger partial charge in [0, 0.05) is 24.4 Å². The summed E-state index contributed by atoms with van der Waals surface area (Å²) in [4.78, 5) is 44.9. The molecule has 0 aliphatic carbocycles. The number of nitrogens with one attached hydrogen (secondary N) is 1. The molecule has 1 unspecified atom stereocenters. The van der Waals surface area contributed by atoms with Crippen LogP contribution in [-0.4, -0.2) is 33.6 Å². The van der Waals surface area contributed by atoms with E-state index in [1.165, 1.54) is 0 Å². The average molecular weight is 380 g/mol. The Balaban J connectivity index is 1.84. The van der Waals surface area contributed by atoms with Gasteiger partial charge in [-0.3, -0.25) is 19.4 Å². The fourth-order valence-corrected chi connectivity index (χ4v) is 3.28. The maximum Gasteiger partial charge on any atom is 0.287 e. The molecule has 0 saturated heterocycles. The highest BCUT2D eigenvalue weighted by molar-refractivity contribution is 7.12. The van der Waals surface area contributed by atoms with Gasteiger partial charge in [-0.1, -0.05) is 30.3 Å². The molecule has 0 bridgehead atoms. The Hall–Kier alpha value is -3.39. The van der Waals surface area contributed by atoms with Gasteiger partial charge in [0.15, 0.2) is 0 Å². The van der Waals surface area contributed by atoms with E-state index in [9.17, 15) is 14.4 Å². The van der Waals surface area contributed by atoms with Crippen molar-refractivity contribution in [3.8, 4) is 11.3 Å². The normalized spacial score (nSPS) is 11.6. The lowest BCUT2D eigenvalue weighted by molar-refractivity contribution is -0.137. The number of amides is 2.